The van der Waals surface area contributed by atoms with Crippen molar-refractivity contribution in [1.29, 1.82) is 0 Å². The van der Waals surface area contributed by atoms with Crippen molar-refractivity contribution in [3.8, 4) is 0 Å². The Labute approximate surface area is 113 Å². The predicted molar refractivity (Wildman–Crippen MR) is 81.1 cm³/mol. The number of hydrogen-bond donors (Lipinski definition) is 1. The lowest BCUT2D eigenvalue weighted by molar-refractivity contribution is 0.530. The molecule has 0 aliphatic carbocycles. The Morgan fingerprint density at radius 3 is 2.22 bits per heavy atom. The number of nitrogens with one attached hydrogen (secondary N) is 1. The van der Waals surface area contributed by atoms with Gasteiger partial charge in [-0.3, -0.25) is 0 Å². The topological polar surface area (TPSA) is 12.0 Å². The zero-order chi connectivity index (χ0) is 13.2. The number of aryl methyl sites for hydroxylation is 2. The van der Waals surface area contributed by atoms with Gasteiger partial charge in [-0.25, -0.2) is 0 Å². The Morgan fingerprint density at radius 1 is 0.944 bits per heavy atom. The lowest BCUT2D eigenvalue weighted by Crippen LogP contribution is -2.20. The zero-order valence-corrected chi connectivity index (χ0v) is 12.3. The summed E-state index contributed by atoms with van der Waals surface area (Å²) in [7, 11) is 0. The Hall–Kier alpha value is -0.820. The van der Waals surface area contributed by atoms with Gasteiger partial charge in [0.05, 0.1) is 0 Å². The molecule has 0 fully saturated rings. The molecule has 1 rings (SSSR count). The van der Waals surface area contributed by atoms with Crippen molar-refractivity contribution in [3.05, 3.63) is 35.4 Å². The van der Waals surface area contributed by atoms with Crippen molar-refractivity contribution < 1.29 is 0 Å². The van der Waals surface area contributed by atoms with Crippen LogP contribution in [0.5, 0.6) is 0 Å². The molecule has 0 radical (unpaired) electrons. The second-order valence-corrected chi connectivity index (χ2v) is 5.58. The molecule has 18 heavy (non-hydrogen) atoms. The van der Waals surface area contributed by atoms with Crippen LogP contribution in [0.1, 0.15) is 51.2 Å². The smallest absolute Gasteiger partial charge is 0.00258 e. The van der Waals surface area contributed by atoms with Gasteiger partial charge in [-0.2, -0.15) is 0 Å². The summed E-state index contributed by atoms with van der Waals surface area (Å²) in [6, 6.07) is 9.10. The van der Waals surface area contributed by atoms with Crippen molar-refractivity contribution in [3.63, 3.8) is 0 Å². The molecule has 1 aromatic carbocycles. The first-order chi connectivity index (χ1) is 8.72. The lowest BCUT2D eigenvalue weighted by atomic mass is 10.0. The van der Waals surface area contributed by atoms with E-state index < -0.39 is 0 Å². The number of unbranched alkanes of at least 4 members (excludes halogenated alkanes) is 2. The van der Waals surface area contributed by atoms with Gasteiger partial charge < -0.3 is 5.32 Å². The van der Waals surface area contributed by atoms with Crippen LogP contribution < -0.4 is 5.32 Å². The van der Waals surface area contributed by atoms with Gasteiger partial charge in [0.1, 0.15) is 0 Å². The Morgan fingerprint density at radius 2 is 1.61 bits per heavy atom. The van der Waals surface area contributed by atoms with Crippen LogP contribution in [0.15, 0.2) is 24.3 Å². The molecule has 0 unspecified atom stereocenters. The van der Waals surface area contributed by atoms with Crippen molar-refractivity contribution in [2.75, 3.05) is 13.1 Å². The highest BCUT2D eigenvalue weighted by molar-refractivity contribution is 5.22. The first kappa shape index (κ1) is 15.2. The number of rotatable bonds is 9. The molecule has 0 saturated heterocycles. The second-order valence-electron chi connectivity index (χ2n) is 5.58. The fourth-order valence-corrected chi connectivity index (χ4v) is 2.09. The summed E-state index contributed by atoms with van der Waals surface area (Å²) in [5.41, 5.74) is 2.93. The molecule has 1 aromatic rings. The third-order valence-corrected chi connectivity index (χ3v) is 3.30. The fraction of sp³-hybridized carbons (Fsp3) is 0.647. The molecular formula is C17H29N. The Kier molecular flexibility index (Phi) is 7.75. The highest BCUT2D eigenvalue weighted by Gasteiger charge is 1.96. The Balaban J connectivity index is 2.03. The molecule has 0 heterocycles. The molecule has 0 amide bonds. The molecule has 0 aromatic heterocycles. The molecule has 0 bridgehead atoms. The second kappa shape index (κ2) is 9.16. The minimum atomic E-state index is 0.766. The van der Waals surface area contributed by atoms with Gasteiger partial charge in [0.2, 0.25) is 0 Å². The largest absolute Gasteiger partial charge is 0.316 e. The van der Waals surface area contributed by atoms with Gasteiger partial charge in [0.25, 0.3) is 0 Å². The summed E-state index contributed by atoms with van der Waals surface area (Å²) in [5.74, 6) is 0.766. The molecule has 0 spiro atoms. The monoisotopic (exact) mass is 247 g/mol. The highest BCUT2D eigenvalue weighted by Crippen LogP contribution is 2.09. The summed E-state index contributed by atoms with van der Waals surface area (Å²) >= 11 is 0. The molecule has 1 nitrogen and oxygen atoms in total. The van der Waals surface area contributed by atoms with Crippen LogP contribution in [0.4, 0.5) is 0 Å². The maximum Gasteiger partial charge on any atom is -0.00258 e. The van der Waals surface area contributed by atoms with E-state index in [0.29, 0.717) is 0 Å². The molecule has 1 heteroatoms. The van der Waals surface area contributed by atoms with E-state index in [4.69, 9.17) is 0 Å². The SMILES string of the molecule is CCc1ccc(CCCCCNCC(C)C)cc1. The van der Waals surface area contributed by atoms with Gasteiger partial charge in [0.15, 0.2) is 0 Å². The van der Waals surface area contributed by atoms with Crippen LogP contribution >= 0.6 is 0 Å². The van der Waals surface area contributed by atoms with Crippen molar-refractivity contribution in [2.45, 2.75) is 52.9 Å². The van der Waals surface area contributed by atoms with E-state index in [9.17, 15) is 0 Å². The van der Waals surface area contributed by atoms with Crippen molar-refractivity contribution in [2.24, 2.45) is 5.92 Å². The van der Waals surface area contributed by atoms with Crippen LogP contribution in [0.25, 0.3) is 0 Å². The third kappa shape index (κ3) is 6.80. The van der Waals surface area contributed by atoms with Crippen molar-refractivity contribution >= 4 is 0 Å². The summed E-state index contributed by atoms with van der Waals surface area (Å²) in [6.07, 6.45) is 6.32. The molecule has 1 N–H and O–H groups in total. The highest BCUT2D eigenvalue weighted by atomic mass is 14.8. The van der Waals surface area contributed by atoms with Crippen LogP contribution in [0, 0.1) is 5.92 Å². The van der Waals surface area contributed by atoms with E-state index in [1.54, 1.807) is 0 Å². The summed E-state index contributed by atoms with van der Waals surface area (Å²) < 4.78 is 0. The minimum absolute atomic E-state index is 0.766. The third-order valence-electron chi connectivity index (χ3n) is 3.30. The first-order valence-electron chi connectivity index (χ1n) is 7.51. The van der Waals surface area contributed by atoms with Crippen molar-refractivity contribution in [1.82, 2.24) is 5.32 Å². The molecule has 0 saturated carbocycles. The van der Waals surface area contributed by atoms with Gasteiger partial charge in [0, 0.05) is 0 Å². The number of hydrogen-bond acceptors (Lipinski definition) is 1. The Bertz CT molecular complexity index is 300. The van der Waals surface area contributed by atoms with E-state index in [-0.39, 0.29) is 0 Å². The van der Waals surface area contributed by atoms with E-state index >= 15 is 0 Å². The first-order valence-corrected chi connectivity index (χ1v) is 7.51. The average molecular weight is 247 g/mol. The maximum atomic E-state index is 3.50. The van der Waals surface area contributed by atoms with Crippen LogP contribution in [-0.2, 0) is 12.8 Å². The van der Waals surface area contributed by atoms with Gasteiger partial charge in [-0.05, 0) is 55.8 Å². The molecule has 0 aliphatic rings. The maximum absolute atomic E-state index is 3.50. The quantitative estimate of drug-likeness (QED) is 0.645. The standard InChI is InChI=1S/C17H29N/c1-4-16-9-11-17(12-10-16)8-6-5-7-13-18-14-15(2)3/h9-12,15,18H,4-8,13-14H2,1-3H3. The zero-order valence-electron chi connectivity index (χ0n) is 12.3. The van der Waals surface area contributed by atoms with E-state index in [2.05, 4.69) is 50.4 Å². The molecule has 0 aliphatic heterocycles. The molecular weight excluding hydrogens is 218 g/mol. The number of benzene rings is 1. The van der Waals surface area contributed by atoms with E-state index in [1.165, 1.54) is 43.4 Å². The normalized spacial score (nSPS) is 11.1. The van der Waals surface area contributed by atoms with Gasteiger partial charge in [-0.1, -0.05) is 51.5 Å². The average Bonchev–Trinajstić information content (AvgIpc) is 2.38. The van der Waals surface area contributed by atoms with Crippen LogP contribution in [0.3, 0.4) is 0 Å². The fourth-order valence-electron chi connectivity index (χ4n) is 2.09. The van der Waals surface area contributed by atoms with Gasteiger partial charge >= 0.3 is 0 Å². The predicted octanol–water partition coefficient (Wildman–Crippen LogP) is 4.21. The van der Waals surface area contributed by atoms with Gasteiger partial charge in [-0.15, -0.1) is 0 Å². The summed E-state index contributed by atoms with van der Waals surface area (Å²) in [5, 5.41) is 3.50. The van der Waals surface area contributed by atoms with E-state index in [0.717, 1.165) is 18.9 Å². The minimum Gasteiger partial charge on any atom is -0.316 e. The molecule has 102 valence electrons. The lowest BCUT2D eigenvalue weighted by Gasteiger charge is -2.07. The van der Waals surface area contributed by atoms with E-state index in [1.807, 2.05) is 0 Å². The summed E-state index contributed by atoms with van der Waals surface area (Å²) in [4.78, 5) is 0. The van der Waals surface area contributed by atoms with Crippen LogP contribution in [-0.4, -0.2) is 13.1 Å². The molecule has 0 atom stereocenters. The van der Waals surface area contributed by atoms with Crippen LogP contribution in [0.2, 0.25) is 0 Å². The summed E-state index contributed by atoms with van der Waals surface area (Å²) in [6.45, 7) is 9.05.